The van der Waals surface area contributed by atoms with Gasteiger partial charge < -0.3 is 5.32 Å². The molecule has 4 aromatic rings. The summed E-state index contributed by atoms with van der Waals surface area (Å²) in [5.74, 6) is -0.131. The van der Waals surface area contributed by atoms with Crippen LogP contribution in [0.2, 0.25) is 0 Å². The van der Waals surface area contributed by atoms with E-state index in [-0.39, 0.29) is 17.2 Å². The number of hydrogen-bond acceptors (Lipinski definition) is 5. The van der Waals surface area contributed by atoms with E-state index in [2.05, 4.69) is 10.3 Å². The van der Waals surface area contributed by atoms with E-state index in [1.54, 1.807) is 28.8 Å². The highest BCUT2D eigenvalue weighted by Gasteiger charge is 2.13. The molecule has 0 aliphatic rings. The zero-order chi connectivity index (χ0) is 21.1. The second kappa shape index (κ2) is 8.39. The molecule has 0 aliphatic heterocycles. The molecule has 1 heterocycles. The maximum absolute atomic E-state index is 13.0. The molecule has 6 nitrogen and oxygen atoms in total. The van der Waals surface area contributed by atoms with Crippen molar-refractivity contribution in [2.75, 3.05) is 11.1 Å². The Morgan fingerprint density at radius 1 is 1.13 bits per heavy atom. The van der Waals surface area contributed by atoms with Gasteiger partial charge in [-0.1, -0.05) is 42.1 Å². The Kier molecular flexibility index (Phi) is 5.50. The average Bonchev–Trinajstić information content (AvgIpc) is 2.77. The van der Waals surface area contributed by atoms with Crippen molar-refractivity contribution in [1.82, 2.24) is 9.55 Å². The lowest BCUT2D eigenvalue weighted by Gasteiger charge is -2.12. The van der Waals surface area contributed by atoms with Gasteiger partial charge in [0.1, 0.15) is 0 Å². The Morgan fingerprint density at radius 2 is 1.90 bits per heavy atom. The van der Waals surface area contributed by atoms with Crippen molar-refractivity contribution in [3.63, 3.8) is 0 Å². The van der Waals surface area contributed by atoms with Crippen LogP contribution in [0.3, 0.4) is 0 Å². The maximum Gasteiger partial charge on any atom is 0.262 e. The van der Waals surface area contributed by atoms with E-state index < -0.39 is 0 Å². The maximum atomic E-state index is 13.0. The molecule has 1 amide bonds. The van der Waals surface area contributed by atoms with Crippen molar-refractivity contribution >= 4 is 45.0 Å². The monoisotopic (exact) mass is 414 g/mol. The molecule has 0 radical (unpaired) electrons. The summed E-state index contributed by atoms with van der Waals surface area (Å²) in [6.07, 6.45) is 0. The standard InChI is InChI=1S/C23H18N4O2S/c1-2-27-22(29)19-11-16-7-3-4-8-17(16)12-20(19)26-23(27)30-14-21(28)25-18-9-5-6-15(10-18)13-24/h3-12H,2,14H2,1H3,(H,25,28). The summed E-state index contributed by atoms with van der Waals surface area (Å²) in [4.78, 5) is 30.1. The Labute approximate surface area is 177 Å². The fourth-order valence-electron chi connectivity index (χ4n) is 3.27. The molecule has 0 spiro atoms. The number of anilines is 1. The quantitative estimate of drug-likeness (QED) is 0.301. The van der Waals surface area contributed by atoms with Crippen molar-refractivity contribution in [3.05, 3.63) is 76.6 Å². The predicted octanol–water partition coefficient (Wildman–Crippen LogP) is 4.17. The Morgan fingerprint density at radius 3 is 2.63 bits per heavy atom. The van der Waals surface area contributed by atoms with Crippen molar-refractivity contribution in [2.24, 2.45) is 0 Å². The molecule has 0 fully saturated rings. The Hall–Kier alpha value is -3.63. The number of benzene rings is 3. The van der Waals surface area contributed by atoms with Crippen LogP contribution >= 0.6 is 11.8 Å². The summed E-state index contributed by atoms with van der Waals surface area (Å²) in [6, 6.07) is 20.4. The van der Waals surface area contributed by atoms with Crippen LogP contribution in [0, 0.1) is 11.3 Å². The van der Waals surface area contributed by atoms with Gasteiger partial charge in [0.05, 0.1) is 28.3 Å². The fourth-order valence-corrected chi connectivity index (χ4v) is 4.13. The summed E-state index contributed by atoms with van der Waals surface area (Å²) in [5.41, 5.74) is 1.54. The van der Waals surface area contributed by atoms with E-state index in [4.69, 9.17) is 5.26 Å². The van der Waals surface area contributed by atoms with Crippen molar-refractivity contribution < 1.29 is 4.79 Å². The zero-order valence-corrected chi connectivity index (χ0v) is 17.1. The number of fused-ring (bicyclic) bond motifs is 2. The number of rotatable bonds is 5. The summed E-state index contributed by atoms with van der Waals surface area (Å²) < 4.78 is 1.59. The minimum Gasteiger partial charge on any atom is -0.325 e. The molecule has 0 saturated carbocycles. The van der Waals surface area contributed by atoms with E-state index in [9.17, 15) is 9.59 Å². The third-order valence-corrected chi connectivity index (χ3v) is 5.69. The number of amides is 1. The highest BCUT2D eigenvalue weighted by Crippen LogP contribution is 2.23. The van der Waals surface area contributed by atoms with Gasteiger partial charge in [0, 0.05) is 12.2 Å². The molecule has 0 bridgehead atoms. The SMILES string of the molecule is CCn1c(SCC(=O)Nc2cccc(C#N)c2)nc2cc3ccccc3cc2c1=O. The van der Waals surface area contributed by atoms with Gasteiger partial charge in [-0.3, -0.25) is 14.2 Å². The predicted molar refractivity (Wildman–Crippen MR) is 120 cm³/mol. The summed E-state index contributed by atoms with van der Waals surface area (Å²) >= 11 is 1.22. The molecule has 0 aliphatic carbocycles. The molecule has 1 N–H and O–H groups in total. The molecule has 0 atom stereocenters. The van der Waals surface area contributed by atoms with Gasteiger partial charge in [-0.25, -0.2) is 4.98 Å². The van der Waals surface area contributed by atoms with Crippen LogP contribution in [0.1, 0.15) is 12.5 Å². The van der Waals surface area contributed by atoms with Crippen molar-refractivity contribution in [2.45, 2.75) is 18.6 Å². The summed E-state index contributed by atoms with van der Waals surface area (Å²) in [6.45, 7) is 2.34. The number of thioether (sulfide) groups is 1. The molecule has 4 rings (SSSR count). The second-order valence-corrected chi connectivity index (χ2v) is 7.63. The van der Waals surface area contributed by atoms with Crippen LogP contribution in [-0.2, 0) is 11.3 Å². The number of aromatic nitrogens is 2. The van der Waals surface area contributed by atoms with Crippen LogP contribution in [0.5, 0.6) is 0 Å². The first-order chi connectivity index (χ1) is 14.6. The van der Waals surface area contributed by atoms with Gasteiger partial charge in [-0.2, -0.15) is 5.26 Å². The minimum absolute atomic E-state index is 0.0995. The first-order valence-corrected chi connectivity index (χ1v) is 10.4. The number of hydrogen-bond donors (Lipinski definition) is 1. The van der Waals surface area contributed by atoms with Gasteiger partial charge in [-0.15, -0.1) is 0 Å². The highest BCUT2D eigenvalue weighted by atomic mass is 32.2. The number of carbonyl (C=O) groups excluding carboxylic acids is 1. The third kappa shape index (κ3) is 3.91. The van der Waals surface area contributed by atoms with Crippen LogP contribution in [0.15, 0.2) is 70.6 Å². The average molecular weight is 414 g/mol. The topological polar surface area (TPSA) is 87.8 Å². The van der Waals surface area contributed by atoms with E-state index in [1.165, 1.54) is 11.8 Å². The lowest BCUT2D eigenvalue weighted by atomic mass is 10.1. The van der Waals surface area contributed by atoms with Crippen LogP contribution < -0.4 is 10.9 Å². The van der Waals surface area contributed by atoms with Gasteiger partial charge in [0.15, 0.2) is 5.16 Å². The fraction of sp³-hybridized carbons (Fsp3) is 0.130. The number of carbonyl (C=O) groups is 1. The Balaban J connectivity index is 1.61. The molecular formula is C23H18N4O2S. The molecule has 3 aromatic carbocycles. The number of nitrogens with one attached hydrogen (secondary N) is 1. The van der Waals surface area contributed by atoms with Crippen LogP contribution in [-0.4, -0.2) is 21.2 Å². The first kappa shape index (κ1) is 19.7. The highest BCUT2D eigenvalue weighted by molar-refractivity contribution is 7.99. The minimum atomic E-state index is -0.231. The molecule has 30 heavy (non-hydrogen) atoms. The van der Waals surface area contributed by atoms with Gasteiger partial charge in [-0.05, 0) is 48.0 Å². The van der Waals surface area contributed by atoms with E-state index in [0.717, 1.165) is 10.8 Å². The molecule has 0 unspecified atom stereocenters. The molecule has 0 saturated heterocycles. The first-order valence-electron chi connectivity index (χ1n) is 9.45. The van der Waals surface area contributed by atoms with Crippen molar-refractivity contribution in [3.8, 4) is 6.07 Å². The van der Waals surface area contributed by atoms with Crippen LogP contribution in [0.25, 0.3) is 21.7 Å². The summed E-state index contributed by atoms with van der Waals surface area (Å²) in [5, 5.41) is 14.8. The number of nitrogens with zero attached hydrogens (tertiary/aromatic N) is 3. The lowest BCUT2D eigenvalue weighted by molar-refractivity contribution is -0.113. The largest absolute Gasteiger partial charge is 0.325 e. The lowest BCUT2D eigenvalue weighted by Crippen LogP contribution is -2.23. The van der Waals surface area contributed by atoms with Gasteiger partial charge in [0.25, 0.3) is 5.56 Å². The summed E-state index contributed by atoms with van der Waals surface area (Å²) in [7, 11) is 0. The number of nitriles is 1. The van der Waals surface area contributed by atoms with Crippen LogP contribution in [0.4, 0.5) is 5.69 Å². The van der Waals surface area contributed by atoms with E-state index in [0.29, 0.717) is 33.9 Å². The molecule has 148 valence electrons. The second-order valence-electron chi connectivity index (χ2n) is 6.69. The molecular weight excluding hydrogens is 396 g/mol. The van der Waals surface area contributed by atoms with Gasteiger partial charge >= 0.3 is 0 Å². The normalized spacial score (nSPS) is 10.8. The van der Waals surface area contributed by atoms with E-state index >= 15 is 0 Å². The van der Waals surface area contributed by atoms with E-state index in [1.807, 2.05) is 49.4 Å². The molecule has 1 aromatic heterocycles. The van der Waals surface area contributed by atoms with Crippen molar-refractivity contribution in [1.29, 1.82) is 5.26 Å². The third-order valence-electron chi connectivity index (χ3n) is 4.71. The Bertz CT molecular complexity index is 1370. The molecule has 7 heteroatoms. The van der Waals surface area contributed by atoms with Gasteiger partial charge in [0.2, 0.25) is 5.91 Å². The smallest absolute Gasteiger partial charge is 0.262 e. The zero-order valence-electron chi connectivity index (χ0n) is 16.3.